The third-order valence-corrected chi connectivity index (χ3v) is 4.95. The van der Waals surface area contributed by atoms with E-state index in [9.17, 15) is 0 Å². The number of piperidine rings is 1. The van der Waals surface area contributed by atoms with Crippen LogP contribution in [0.2, 0.25) is 0 Å². The van der Waals surface area contributed by atoms with E-state index in [4.69, 9.17) is 4.42 Å². The van der Waals surface area contributed by atoms with Crippen molar-refractivity contribution >= 4 is 0 Å². The number of nitrogens with zero attached hydrogens (tertiary/aromatic N) is 4. The van der Waals surface area contributed by atoms with Crippen molar-refractivity contribution in [2.75, 3.05) is 13.1 Å². The SMILES string of the molecule is Cc1cc([C@H]2CCCN(Cc3nnc(C4CCC4)o3)C2)n[nH]1. The minimum atomic E-state index is 0.507. The summed E-state index contributed by atoms with van der Waals surface area (Å²) in [6.07, 6.45) is 6.09. The highest BCUT2D eigenvalue weighted by atomic mass is 16.4. The molecule has 0 amide bonds. The van der Waals surface area contributed by atoms with Crippen LogP contribution in [0.15, 0.2) is 10.5 Å². The van der Waals surface area contributed by atoms with E-state index in [1.807, 2.05) is 0 Å². The molecule has 2 aromatic heterocycles. The van der Waals surface area contributed by atoms with Gasteiger partial charge < -0.3 is 4.42 Å². The van der Waals surface area contributed by atoms with E-state index >= 15 is 0 Å². The van der Waals surface area contributed by atoms with E-state index < -0.39 is 0 Å². The maximum atomic E-state index is 5.85. The average molecular weight is 301 g/mol. The zero-order valence-electron chi connectivity index (χ0n) is 13.1. The molecule has 1 aliphatic heterocycles. The van der Waals surface area contributed by atoms with Crippen LogP contribution in [-0.2, 0) is 6.54 Å². The third kappa shape index (κ3) is 2.79. The first-order chi connectivity index (χ1) is 10.8. The Morgan fingerprint density at radius 3 is 2.82 bits per heavy atom. The molecule has 6 nitrogen and oxygen atoms in total. The molecule has 0 radical (unpaired) electrons. The number of H-pyrrole nitrogens is 1. The van der Waals surface area contributed by atoms with Crippen molar-refractivity contribution in [2.24, 2.45) is 0 Å². The molecule has 0 aromatic carbocycles. The first-order valence-electron chi connectivity index (χ1n) is 8.34. The number of hydrogen-bond acceptors (Lipinski definition) is 5. The summed E-state index contributed by atoms with van der Waals surface area (Å²) in [5.74, 6) is 2.63. The highest BCUT2D eigenvalue weighted by Crippen LogP contribution is 2.35. The summed E-state index contributed by atoms with van der Waals surface area (Å²) in [4.78, 5) is 2.41. The molecule has 1 aliphatic carbocycles. The number of hydrogen-bond donors (Lipinski definition) is 1. The molecule has 6 heteroatoms. The van der Waals surface area contributed by atoms with E-state index in [1.165, 1.54) is 37.8 Å². The summed E-state index contributed by atoms with van der Waals surface area (Å²) >= 11 is 0. The Balaban J connectivity index is 1.38. The van der Waals surface area contributed by atoms with Crippen LogP contribution in [0.5, 0.6) is 0 Å². The van der Waals surface area contributed by atoms with Crippen molar-refractivity contribution in [3.8, 4) is 0 Å². The van der Waals surface area contributed by atoms with Crippen LogP contribution >= 0.6 is 0 Å². The predicted molar refractivity (Wildman–Crippen MR) is 81.5 cm³/mol. The van der Waals surface area contributed by atoms with Crippen LogP contribution in [-0.4, -0.2) is 38.4 Å². The zero-order chi connectivity index (χ0) is 14.9. The molecule has 1 atom stereocenters. The number of nitrogens with one attached hydrogen (secondary N) is 1. The molecule has 0 bridgehead atoms. The van der Waals surface area contributed by atoms with Gasteiger partial charge in [0, 0.05) is 24.1 Å². The molecule has 1 N–H and O–H groups in total. The first kappa shape index (κ1) is 13.9. The first-order valence-corrected chi connectivity index (χ1v) is 8.34. The van der Waals surface area contributed by atoms with E-state index in [0.29, 0.717) is 11.8 Å². The van der Waals surface area contributed by atoms with Gasteiger partial charge in [0.1, 0.15) is 0 Å². The molecule has 0 unspecified atom stereocenters. The molecule has 3 heterocycles. The summed E-state index contributed by atoms with van der Waals surface area (Å²) in [6, 6.07) is 2.16. The molecule has 0 spiro atoms. The molecule has 1 saturated carbocycles. The second-order valence-electron chi connectivity index (χ2n) is 6.71. The highest BCUT2D eigenvalue weighted by Gasteiger charge is 2.27. The van der Waals surface area contributed by atoms with Gasteiger partial charge in [-0.15, -0.1) is 10.2 Å². The van der Waals surface area contributed by atoms with E-state index in [2.05, 4.69) is 38.3 Å². The lowest BCUT2D eigenvalue weighted by Crippen LogP contribution is -2.34. The summed E-state index contributed by atoms with van der Waals surface area (Å²) in [5, 5.41) is 15.9. The Morgan fingerprint density at radius 2 is 2.09 bits per heavy atom. The van der Waals surface area contributed by atoms with Crippen LogP contribution in [0.1, 0.15) is 67.1 Å². The van der Waals surface area contributed by atoms with Crippen molar-refractivity contribution in [2.45, 2.75) is 57.4 Å². The number of aromatic amines is 1. The summed E-state index contributed by atoms with van der Waals surface area (Å²) in [6.45, 7) is 4.93. The largest absolute Gasteiger partial charge is 0.424 e. The number of aromatic nitrogens is 4. The average Bonchev–Trinajstić information content (AvgIpc) is 3.07. The van der Waals surface area contributed by atoms with Crippen molar-refractivity contribution in [3.63, 3.8) is 0 Å². The molecule has 118 valence electrons. The van der Waals surface area contributed by atoms with Crippen molar-refractivity contribution < 1.29 is 4.42 Å². The molecular weight excluding hydrogens is 278 g/mol. The van der Waals surface area contributed by atoms with Gasteiger partial charge in [0.25, 0.3) is 0 Å². The Hall–Kier alpha value is -1.69. The lowest BCUT2D eigenvalue weighted by atomic mass is 9.85. The predicted octanol–water partition coefficient (Wildman–Crippen LogP) is 2.75. The number of rotatable bonds is 4. The maximum Gasteiger partial charge on any atom is 0.230 e. The van der Waals surface area contributed by atoms with Gasteiger partial charge in [0.2, 0.25) is 11.8 Å². The van der Waals surface area contributed by atoms with Gasteiger partial charge in [-0.1, -0.05) is 6.42 Å². The Morgan fingerprint density at radius 1 is 1.23 bits per heavy atom. The molecule has 1 saturated heterocycles. The fourth-order valence-electron chi connectivity index (χ4n) is 3.43. The zero-order valence-corrected chi connectivity index (χ0v) is 13.1. The van der Waals surface area contributed by atoms with Gasteiger partial charge in [-0.25, -0.2) is 0 Å². The van der Waals surface area contributed by atoms with Gasteiger partial charge in [-0.05, 0) is 45.2 Å². The second-order valence-corrected chi connectivity index (χ2v) is 6.71. The summed E-state index contributed by atoms with van der Waals surface area (Å²) < 4.78 is 5.85. The Labute approximate surface area is 130 Å². The van der Waals surface area contributed by atoms with Crippen molar-refractivity contribution in [1.29, 1.82) is 0 Å². The minimum Gasteiger partial charge on any atom is -0.424 e. The summed E-state index contributed by atoms with van der Waals surface area (Å²) in [7, 11) is 0. The van der Waals surface area contributed by atoms with Gasteiger partial charge in [0.15, 0.2) is 0 Å². The van der Waals surface area contributed by atoms with Crippen LogP contribution in [0.3, 0.4) is 0 Å². The Kier molecular flexibility index (Phi) is 3.70. The Bertz CT molecular complexity index is 630. The van der Waals surface area contributed by atoms with Crippen LogP contribution in [0, 0.1) is 6.92 Å². The normalized spacial score (nSPS) is 23.6. The molecule has 4 rings (SSSR count). The minimum absolute atomic E-state index is 0.507. The van der Waals surface area contributed by atoms with Crippen LogP contribution in [0.4, 0.5) is 0 Å². The van der Waals surface area contributed by atoms with Crippen molar-refractivity contribution in [1.82, 2.24) is 25.3 Å². The molecule has 2 aromatic rings. The third-order valence-electron chi connectivity index (χ3n) is 4.95. The smallest absolute Gasteiger partial charge is 0.230 e. The second kappa shape index (κ2) is 5.83. The fourth-order valence-corrected chi connectivity index (χ4v) is 3.43. The van der Waals surface area contributed by atoms with Gasteiger partial charge in [-0.3, -0.25) is 10.00 Å². The maximum absolute atomic E-state index is 5.85. The topological polar surface area (TPSA) is 70.8 Å². The molecular formula is C16H23N5O. The lowest BCUT2D eigenvalue weighted by molar-refractivity contribution is 0.179. The fraction of sp³-hybridized carbons (Fsp3) is 0.688. The van der Waals surface area contributed by atoms with Crippen LogP contribution in [0.25, 0.3) is 0 Å². The van der Waals surface area contributed by atoms with Gasteiger partial charge in [-0.2, -0.15) is 5.10 Å². The molecule has 2 fully saturated rings. The van der Waals surface area contributed by atoms with Gasteiger partial charge >= 0.3 is 0 Å². The van der Waals surface area contributed by atoms with Crippen LogP contribution < -0.4 is 0 Å². The summed E-state index contributed by atoms with van der Waals surface area (Å²) in [5.41, 5.74) is 2.32. The van der Waals surface area contributed by atoms with E-state index in [0.717, 1.165) is 37.1 Å². The molecule has 22 heavy (non-hydrogen) atoms. The number of likely N-dealkylation sites (tertiary alicyclic amines) is 1. The highest BCUT2D eigenvalue weighted by molar-refractivity contribution is 5.13. The molecule has 2 aliphatic rings. The quantitative estimate of drug-likeness (QED) is 0.940. The monoisotopic (exact) mass is 301 g/mol. The van der Waals surface area contributed by atoms with E-state index in [1.54, 1.807) is 0 Å². The van der Waals surface area contributed by atoms with Gasteiger partial charge in [0.05, 0.1) is 12.2 Å². The van der Waals surface area contributed by atoms with Crippen molar-refractivity contribution in [3.05, 3.63) is 29.2 Å². The van der Waals surface area contributed by atoms with E-state index in [-0.39, 0.29) is 0 Å². The lowest BCUT2D eigenvalue weighted by Gasteiger charge is -2.30. The standard InChI is InChI=1S/C16H23N5O/c1-11-8-14(18-17-11)13-6-3-7-21(9-13)10-15-19-20-16(22-15)12-4-2-5-12/h8,12-13H,2-7,9-10H2,1H3,(H,17,18)/t13-/m0/s1. The number of aryl methyl sites for hydroxylation is 1.